The van der Waals surface area contributed by atoms with Gasteiger partial charge in [0.25, 0.3) is 5.91 Å². The number of rotatable bonds is 7. The fourth-order valence-electron chi connectivity index (χ4n) is 5.43. The normalized spacial score (nSPS) is 19.8. The van der Waals surface area contributed by atoms with Crippen molar-refractivity contribution in [2.45, 2.75) is 50.0 Å². The minimum absolute atomic E-state index is 0.0280. The molecule has 0 saturated heterocycles. The van der Waals surface area contributed by atoms with Gasteiger partial charge in [0.15, 0.2) is 0 Å². The molecule has 1 aliphatic heterocycles. The summed E-state index contributed by atoms with van der Waals surface area (Å²) in [5, 5.41) is 3.20. The van der Waals surface area contributed by atoms with Crippen molar-refractivity contribution in [2.24, 2.45) is 0 Å². The van der Waals surface area contributed by atoms with Crippen LogP contribution in [-0.4, -0.2) is 49.1 Å². The molecule has 5 heteroatoms. The Labute approximate surface area is 184 Å². The summed E-state index contributed by atoms with van der Waals surface area (Å²) in [5.74, 6) is -0.294. The van der Waals surface area contributed by atoms with Crippen LogP contribution in [-0.2, 0) is 16.0 Å². The van der Waals surface area contributed by atoms with Gasteiger partial charge in [-0.05, 0) is 36.5 Å². The number of benzene rings is 2. The first-order valence-corrected chi connectivity index (χ1v) is 11.4. The number of carbonyl (C=O) groups excluding carboxylic acids is 2. The molecule has 2 aliphatic rings. The minimum atomic E-state index is -0.473. The Morgan fingerprint density at radius 3 is 2.52 bits per heavy atom. The van der Waals surface area contributed by atoms with Gasteiger partial charge in [0.05, 0.1) is 18.1 Å². The van der Waals surface area contributed by atoms with Crippen molar-refractivity contribution in [3.05, 3.63) is 71.3 Å². The van der Waals surface area contributed by atoms with Crippen LogP contribution in [0.5, 0.6) is 0 Å². The molecule has 31 heavy (non-hydrogen) atoms. The van der Waals surface area contributed by atoms with Gasteiger partial charge in [0, 0.05) is 25.8 Å². The highest BCUT2D eigenvalue weighted by molar-refractivity contribution is 6.02. The van der Waals surface area contributed by atoms with E-state index in [1.807, 2.05) is 47.4 Å². The molecule has 0 bridgehead atoms. The molecule has 1 spiro atoms. The molecule has 1 aliphatic carbocycles. The molecule has 5 nitrogen and oxygen atoms in total. The number of carbonyl (C=O) groups is 2. The summed E-state index contributed by atoms with van der Waals surface area (Å²) >= 11 is 0. The maximum atomic E-state index is 13.7. The van der Waals surface area contributed by atoms with Crippen molar-refractivity contribution in [3.63, 3.8) is 0 Å². The first-order valence-electron chi connectivity index (χ1n) is 11.4. The molecular formula is C26H32N2O3. The Hall–Kier alpha value is -2.66. The molecule has 0 unspecified atom stereocenters. The van der Waals surface area contributed by atoms with E-state index in [4.69, 9.17) is 4.74 Å². The zero-order valence-corrected chi connectivity index (χ0v) is 18.3. The van der Waals surface area contributed by atoms with Gasteiger partial charge in [-0.15, -0.1) is 0 Å². The van der Waals surface area contributed by atoms with Crippen molar-refractivity contribution in [2.75, 3.05) is 26.8 Å². The van der Waals surface area contributed by atoms with Crippen LogP contribution in [0.25, 0.3) is 0 Å². The second kappa shape index (κ2) is 9.65. The van der Waals surface area contributed by atoms with Crippen LogP contribution in [0.3, 0.4) is 0 Å². The highest BCUT2D eigenvalue weighted by atomic mass is 16.5. The third-order valence-electron chi connectivity index (χ3n) is 6.88. The van der Waals surface area contributed by atoms with E-state index in [9.17, 15) is 9.59 Å². The van der Waals surface area contributed by atoms with Gasteiger partial charge in [0.2, 0.25) is 5.91 Å². The molecule has 164 valence electrons. The van der Waals surface area contributed by atoms with E-state index in [1.54, 1.807) is 7.11 Å². The zero-order chi connectivity index (χ0) is 21.7. The summed E-state index contributed by atoms with van der Waals surface area (Å²) in [6.07, 6.45) is 5.72. The third-order valence-corrected chi connectivity index (χ3v) is 6.88. The lowest BCUT2D eigenvalue weighted by Crippen LogP contribution is -2.63. The topological polar surface area (TPSA) is 58.6 Å². The SMILES string of the molecule is COCCN1C(=O)c2ccccc2[C@H](C(=O)NCCc2ccccc2)C12CCCCC2. The largest absolute Gasteiger partial charge is 0.383 e. The van der Waals surface area contributed by atoms with Gasteiger partial charge >= 0.3 is 0 Å². The number of nitrogens with one attached hydrogen (secondary N) is 1. The molecule has 0 radical (unpaired) electrons. The van der Waals surface area contributed by atoms with Gasteiger partial charge in [-0.2, -0.15) is 0 Å². The van der Waals surface area contributed by atoms with E-state index in [0.29, 0.717) is 25.3 Å². The Kier molecular flexibility index (Phi) is 6.71. The van der Waals surface area contributed by atoms with Gasteiger partial charge in [-0.3, -0.25) is 9.59 Å². The average molecular weight is 421 g/mol. The number of amides is 2. The lowest BCUT2D eigenvalue weighted by Gasteiger charge is -2.53. The Bertz CT molecular complexity index is 906. The Morgan fingerprint density at radius 2 is 1.77 bits per heavy atom. The minimum Gasteiger partial charge on any atom is -0.383 e. The number of hydrogen-bond acceptors (Lipinski definition) is 3. The van der Waals surface area contributed by atoms with Crippen LogP contribution in [0.1, 0.15) is 59.5 Å². The molecule has 0 aromatic heterocycles. The fourth-order valence-corrected chi connectivity index (χ4v) is 5.43. The van der Waals surface area contributed by atoms with Crippen molar-refractivity contribution in [1.29, 1.82) is 0 Å². The molecule has 1 atom stereocenters. The highest BCUT2D eigenvalue weighted by Crippen LogP contribution is 2.49. The molecule has 2 amide bonds. The molecule has 2 aromatic carbocycles. The molecule has 4 rings (SSSR count). The molecule has 1 heterocycles. The van der Waals surface area contributed by atoms with Crippen molar-refractivity contribution < 1.29 is 14.3 Å². The second-order valence-electron chi connectivity index (χ2n) is 8.66. The fraction of sp³-hybridized carbons (Fsp3) is 0.462. The Morgan fingerprint density at radius 1 is 1.06 bits per heavy atom. The quantitative estimate of drug-likeness (QED) is 0.738. The first-order chi connectivity index (χ1) is 15.2. The van der Waals surface area contributed by atoms with E-state index in [1.165, 1.54) is 5.56 Å². The zero-order valence-electron chi connectivity index (χ0n) is 18.3. The van der Waals surface area contributed by atoms with Crippen LogP contribution in [0.15, 0.2) is 54.6 Å². The highest BCUT2D eigenvalue weighted by Gasteiger charge is 2.54. The smallest absolute Gasteiger partial charge is 0.254 e. The predicted molar refractivity (Wildman–Crippen MR) is 121 cm³/mol. The van der Waals surface area contributed by atoms with Crippen LogP contribution >= 0.6 is 0 Å². The number of fused-ring (bicyclic) bond motifs is 1. The molecule has 2 aromatic rings. The van der Waals surface area contributed by atoms with E-state index in [2.05, 4.69) is 17.4 Å². The van der Waals surface area contributed by atoms with Crippen molar-refractivity contribution in [3.8, 4) is 0 Å². The maximum absolute atomic E-state index is 13.7. The van der Waals surface area contributed by atoms with Crippen molar-refractivity contribution in [1.82, 2.24) is 10.2 Å². The predicted octanol–water partition coefficient (Wildman–Crippen LogP) is 3.93. The van der Waals surface area contributed by atoms with E-state index in [-0.39, 0.29) is 17.7 Å². The molecule has 1 saturated carbocycles. The van der Waals surface area contributed by atoms with Gasteiger partial charge in [-0.25, -0.2) is 0 Å². The summed E-state index contributed by atoms with van der Waals surface area (Å²) in [5.41, 5.74) is 2.26. The number of nitrogens with zero attached hydrogens (tertiary/aromatic N) is 1. The molecule has 1 fully saturated rings. The van der Waals surface area contributed by atoms with E-state index >= 15 is 0 Å². The lowest BCUT2D eigenvalue weighted by molar-refractivity contribution is -0.127. The number of ether oxygens (including phenoxy) is 1. The lowest BCUT2D eigenvalue weighted by atomic mass is 9.65. The van der Waals surface area contributed by atoms with Crippen molar-refractivity contribution >= 4 is 11.8 Å². The van der Waals surface area contributed by atoms with Crippen LogP contribution in [0.4, 0.5) is 0 Å². The summed E-state index contributed by atoms with van der Waals surface area (Å²) in [6, 6.07) is 17.9. The van der Waals surface area contributed by atoms with E-state index in [0.717, 1.165) is 44.1 Å². The third kappa shape index (κ3) is 4.24. The summed E-state index contributed by atoms with van der Waals surface area (Å²) in [4.78, 5) is 29.1. The van der Waals surface area contributed by atoms with Gasteiger partial charge in [0.1, 0.15) is 0 Å². The van der Waals surface area contributed by atoms with Crippen LogP contribution in [0.2, 0.25) is 0 Å². The Balaban J connectivity index is 1.65. The van der Waals surface area contributed by atoms with Crippen LogP contribution in [0, 0.1) is 0 Å². The molecule has 1 N–H and O–H groups in total. The molecular weight excluding hydrogens is 388 g/mol. The second-order valence-corrected chi connectivity index (χ2v) is 8.66. The van der Waals surface area contributed by atoms with E-state index < -0.39 is 5.54 Å². The summed E-state index contributed by atoms with van der Waals surface area (Å²) in [6.45, 7) is 1.57. The number of hydrogen-bond donors (Lipinski definition) is 1. The van der Waals surface area contributed by atoms with Crippen LogP contribution < -0.4 is 5.32 Å². The van der Waals surface area contributed by atoms with Gasteiger partial charge < -0.3 is 15.0 Å². The monoisotopic (exact) mass is 420 g/mol. The standard InChI is InChI=1S/C26H32N2O3/c1-31-19-18-28-25(30)22-13-7-6-12-21(22)23(26(28)15-8-3-9-16-26)24(29)27-17-14-20-10-4-2-5-11-20/h2,4-7,10-13,23H,3,8-9,14-19H2,1H3,(H,27,29)/t23-/m1/s1. The number of methoxy groups -OCH3 is 1. The summed E-state index contributed by atoms with van der Waals surface area (Å²) in [7, 11) is 1.66. The first kappa shape index (κ1) is 21.6. The maximum Gasteiger partial charge on any atom is 0.254 e. The summed E-state index contributed by atoms with van der Waals surface area (Å²) < 4.78 is 5.33. The average Bonchev–Trinajstić information content (AvgIpc) is 2.80. The van der Waals surface area contributed by atoms with Gasteiger partial charge in [-0.1, -0.05) is 67.8 Å².